The molecular weight excluding hydrogens is 566 g/mol. The molecule has 16 heteroatoms. The van der Waals surface area contributed by atoms with Gasteiger partial charge in [-0.1, -0.05) is 18.2 Å². The van der Waals surface area contributed by atoms with Gasteiger partial charge in [-0.3, -0.25) is 14.3 Å². The number of alkyl halides is 6. The number of imidazole rings is 1. The van der Waals surface area contributed by atoms with Gasteiger partial charge < -0.3 is 24.6 Å². The Morgan fingerprint density at radius 2 is 1.76 bits per heavy atom. The predicted molar refractivity (Wildman–Crippen MR) is 132 cm³/mol. The zero-order valence-electron chi connectivity index (χ0n) is 21.4. The van der Waals surface area contributed by atoms with Crippen LogP contribution in [0.25, 0.3) is 0 Å². The second kappa shape index (κ2) is 13.4. The monoisotopic (exact) mass is 591 g/mol. The molecule has 1 aromatic heterocycles. The van der Waals surface area contributed by atoms with Crippen LogP contribution in [-0.4, -0.2) is 66.8 Å². The Morgan fingerprint density at radius 3 is 2.37 bits per heavy atom. The van der Waals surface area contributed by atoms with E-state index in [0.717, 1.165) is 33.7 Å². The zero-order valence-corrected chi connectivity index (χ0v) is 21.4. The van der Waals surface area contributed by atoms with Crippen LogP contribution >= 0.6 is 0 Å². The van der Waals surface area contributed by atoms with Gasteiger partial charge in [0.05, 0.1) is 18.7 Å². The summed E-state index contributed by atoms with van der Waals surface area (Å²) >= 11 is 0. The number of hydrogen-bond donors (Lipinski definition) is 1. The first-order valence-corrected chi connectivity index (χ1v) is 11.8. The van der Waals surface area contributed by atoms with E-state index in [-0.39, 0.29) is 56.2 Å². The maximum atomic E-state index is 13.0. The van der Waals surface area contributed by atoms with E-state index in [1.54, 1.807) is 0 Å². The molecule has 3 N–H and O–H groups in total. The smallest absolute Gasteiger partial charge is 0.444 e. The average molecular weight is 591 g/mol. The molecule has 0 atom stereocenters. The maximum Gasteiger partial charge on any atom is 0.573 e. The molecule has 2 aromatic carbocycles. The lowest BCUT2D eigenvalue weighted by molar-refractivity contribution is -0.274. The minimum Gasteiger partial charge on any atom is -0.444 e. The quantitative estimate of drug-likeness (QED) is 0.145. The summed E-state index contributed by atoms with van der Waals surface area (Å²) in [5.41, 5.74) is -0.808. The second-order valence-electron chi connectivity index (χ2n) is 8.28. The van der Waals surface area contributed by atoms with Crippen LogP contribution in [0.2, 0.25) is 0 Å². The summed E-state index contributed by atoms with van der Waals surface area (Å²) in [7, 11) is 1.29. The minimum absolute atomic E-state index is 0.0426. The SMILES string of the molecule is CN(C(=O)NCCOCC[OH2+])c1nc(Oc2cccc(OC(F)(F)F)c2)n(Cc2ccc(C(F)(F)F)cc2)c1C=O. The van der Waals surface area contributed by atoms with Crippen molar-refractivity contribution in [2.24, 2.45) is 0 Å². The standard InChI is InChI=1S/C25H24F6N4O6/c1-34(22(38)32-9-11-39-12-10-36)21-20(15-37)35(14-16-5-7-17(8-6-16)24(26,27)28)23(33-21)40-18-3-2-4-19(13-18)41-25(29,30)31/h2-8,13,15,36H,9-12,14H2,1H3,(H,32,38)/p+1. The number of anilines is 1. The first-order chi connectivity index (χ1) is 19.3. The number of aldehydes is 1. The largest absolute Gasteiger partial charge is 0.573 e. The molecule has 0 fully saturated rings. The van der Waals surface area contributed by atoms with E-state index in [1.165, 1.54) is 31.3 Å². The number of ether oxygens (including phenoxy) is 3. The Labute approximate surface area is 229 Å². The van der Waals surface area contributed by atoms with Gasteiger partial charge in [0.2, 0.25) is 0 Å². The number of carbonyl (C=O) groups excluding carboxylic acids is 2. The molecule has 1 heterocycles. The molecule has 41 heavy (non-hydrogen) atoms. The van der Waals surface area contributed by atoms with E-state index in [9.17, 15) is 35.9 Å². The van der Waals surface area contributed by atoms with Crippen molar-refractivity contribution < 1.29 is 55.2 Å². The molecule has 0 aliphatic rings. The molecule has 3 aromatic rings. The van der Waals surface area contributed by atoms with Crippen molar-refractivity contribution >= 4 is 18.1 Å². The number of urea groups is 1. The van der Waals surface area contributed by atoms with Gasteiger partial charge in [0.1, 0.15) is 23.8 Å². The van der Waals surface area contributed by atoms with Crippen molar-refractivity contribution in [1.82, 2.24) is 14.9 Å². The molecule has 0 saturated carbocycles. The van der Waals surface area contributed by atoms with Crippen molar-refractivity contribution in [3.8, 4) is 17.5 Å². The lowest BCUT2D eigenvalue weighted by atomic mass is 10.1. The van der Waals surface area contributed by atoms with Crippen LogP contribution in [0.5, 0.6) is 17.5 Å². The highest BCUT2D eigenvalue weighted by molar-refractivity contribution is 5.95. The van der Waals surface area contributed by atoms with Crippen molar-refractivity contribution in [2.75, 3.05) is 38.3 Å². The number of halogens is 6. The van der Waals surface area contributed by atoms with Gasteiger partial charge in [0.25, 0.3) is 0 Å². The number of hydrogen-bond acceptors (Lipinski definition) is 6. The van der Waals surface area contributed by atoms with Gasteiger partial charge >= 0.3 is 24.6 Å². The molecule has 0 aliphatic heterocycles. The Hall–Kier alpha value is -4.31. The molecule has 222 valence electrons. The Kier molecular flexibility index (Phi) is 10.2. The third-order valence-corrected chi connectivity index (χ3v) is 5.33. The van der Waals surface area contributed by atoms with Crippen LogP contribution in [0, 0.1) is 0 Å². The fourth-order valence-electron chi connectivity index (χ4n) is 3.47. The minimum atomic E-state index is -4.97. The fraction of sp³-hybridized carbons (Fsp3) is 0.320. The first-order valence-electron chi connectivity index (χ1n) is 11.8. The van der Waals surface area contributed by atoms with Gasteiger partial charge in [0.15, 0.2) is 18.7 Å². The molecule has 3 rings (SSSR count). The molecule has 0 spiro atoms. The molecule has 10 nitrogen and oxygen atoms in total. The first kappa shape index (κ1) is 31.2. The normalized spacial score (nSPS) is 11.7. The van der Waals surface area contributed by atoms with Gasteiger partial charge in [-0.15, -0.1) is 13.2 Å². The van der Waals surface area contributed by atoms with Crippen molar-refractivity contribution in [2.45, 2.75) is 19.1 Å². The van der Waals surface area contributed by atoms with Crippen molar-refractivity contribution in [3.05, 3.63) is 65.4 Å². The molecule has 0 unspecified atom stereocenters. The summed E-state index contributed by atoms with van der Waals surface area (Å²) in [6, 6.07) is 7.43. The molecular formula is C25H25F6N4O6+. The van der Waals surface area contributed by atoms with Gasteiger partial charge in [0, 0.05) is 19.7 Å². The molecule has 2 amide bonds. The second-order valence-corrected chi connectivity index (χ2v) is 8.28. The number of carbonyl (C=O) groups is 2. The number of benzene rings is 2. The summed E-state index contributed by atoms with van der Waals surface area (Å²) in [5, 5.41) is 9.57. The highest BCUT2D eigenvalue weighted by Gasteiger charge is 2.32. The summed E-state index contributed by atoms with van der Waals surface area (Å²) < 4.78 is 92.9. The van der Waals surface area contributed by atoms with E-state index in [4.69, 9.17) is 14.6 Å². The van der Waals surface area contributed by atoms with Crippen LogP contribution < -0.4 is 19.7 Å². The van der Waals surface area contributed by atoms with Crippen LogP contribution in [0.15, 0.2) is 48.5 Å². The molecule has 0 bridgehead atoms. The summed E-state index contributed by atoms with van der Waals surface area (Å²) in [4.78, 5) is 30.0. The summed E-state index contributed by atoms with van der Waals surface area (Å²) in [6.07, 6.45) is -9.20. The van der Waals surface area contributed by atoms with Gasteiger partial charge in [-0.25, -0.2) is 4.79 Å². The molecule has 0 saturated heterocycles. The highest BCUT2D eigenvalue weighted by Crippen LogP contribution is 2.33. The number of nitrogens with zero attached hydrogens (tertiary/aromatic N) is 3. The van der Waals surface area contributed by atoms with Crippen LogP contribution in [0.3, 0.4) is 0 Å². The fourth-order valence-corrected chi connectivity index (χ4v) is 3.47. The van der Waals surface area contributed by atoms with E-state index in [1.807, 2.05) is 0 Å². The lowest BCUT2D eigenvalue weighted by Gasteiger charge is -2.16. The molecule has 0 aliphatic carbocycles. The lowest BCUT2D eigenvalue weighted by Crippen LogP contribution is -2.39. The number of aromatic nitrogens is 2. The van der Waals surface area contributed by atoms with Crippen molar-refractivity contribution in [3.63, 3.8) is 0 Å². The Morgan fingerprint density at radius 1 is 1.07 bits per heavy atom. The summed E-state index contributed by atoms with van der Waals surface area (Å²) in [5.74, 6) is -0.974. The third kappa shape index (κ3) is 8.84. The van der Waals surface area contributed by atoms with E-state index in [0.29, 0.717) is 11.8 Å². The average Bonchev–Trinajstić information content (AvgIpc) is 3.23. The van der Waals surface area contributed by atoms with E-state index >= 15 is 0 Å². The van der Waals surface area contributed by atoms with Crippen LogP contribution in [0.4, 0.5) is 37.0 Å². The van der Waals surface area contributed by atoms with E-state index in [2.05, 4.69) is 15.0 Å². The maximum absolute atomic E-state index is 13.0. The van der Waals surface area contributed by atoms with Gasteiger partial charge in [-0.05, 0) is 29.8 Å². The third-order valence-electron chi connectivity index (χ3n) is 5.33. The topological polar surface area (TPSA) is 118 Å². The number of amides is 2. The van der Waals surface area contributed by atoms with Crippen LogP contribution in [0.1, 0.15) is 21.6 Å². The zero-order chi connectivity index (χ0) is 30.2. The Balaban J connectivity index is 1.96. The summed E-state index contributed by atoms with van der Waals surface area (Å²) in [6.45, 7) is 0.156. The van der Waals surface area contributed by atoms with Gasteiger partial charge in [-0.2, -0.15) is 18.2 Å². The number of rotatable bonds is 12. The molecule has 0 radical (unpaired) electrons. The Bertz CT molecular complexity index is 1330. The predicted octanol–water partition coefficient (Wildman–Crippen LogP) is 4.34. The number of nitrogens with one attached hydrogen (secondary N) is 1. The van der Waals surface area contributed by atoms with Crippen LogP contribution in [-0.2, 0) is 17.5 Å². The van der Waals surface area contributed by atoms with E-state index < -0.39 is 29.9 Å². The highest BCUT2D eigenvalue weighted by atomic mass is 19.4. The van der Waals surface area contributed by atoms with Crippen molar-refractivity contribution in [1.29, 1.82) is 0 Å².